The Morgan fingerprint density at radius 1 is 0.351 bits per heavy atom. The molecule has 0 aliphatic heterocycles. The molecule has 0 aliphatic carbocycles. The van der Waals surface area contributed by atoms with Crippen LogP contribution in [0.1, 0.15) is 160 Å². The molecule has 37 heavy (non-hydrogen) atoms. The van der Waals surface area contributed by atoms with E-state index in [0.717, 1.165) is 77.0 Å². The van der Waals surface area contributed by atoms with Crippen molar-refractivity contribution in [3.63, 3.8) is 0 Å². The molecule has 0 fully saturated rings. The zero-order valence-electron chi connectivity index (χ0n) is 27.4. The van der Waals surface area contributed by atoms with Crippen molar-refractivity contribution in [1.82, 2.24) is 0 Å². The average Bonchev–Trinajstić information content (AvgIpc) is 2.68. The standard InChI is InChI=1S/4C8H18O.Ti/c4*1-4-5-8(9)6-7(2)3;/h4*7-9H,4-6H2,1-3H3;. The van der Waals surface area contributed by atoms with Crippen LogP contribution in [0.5, 0.6) is 0 Å². The molecule has 0 spiro atoms. The van der Waals surface area contributed by atoms with Gasteiger partial charge in [-0.2, -0.15) is 0 Å². The molecule has 0 saturated carbocycles. The number of rotatable bonds is 16. The fourth-order valence-electron chi connectivity index (χ4n) is 3.98. The van der Waals surface area contributed by atoms with Gasteiger partial charge >= 0.3 is 0 Å². The van der Waals surface area contributed by atoms with E-state index in [4.69, 9.17) is 0 Å². The van der Waals surface area contributed by atoms with Crippen molar-refractivity contribution in [2.24, 2.45) is 23.7 Å². The van der Waals surface area contributed by atoms with Crippen LogP contribution in [0.4, 0.5) is 0 Å². The van der Waals surface area contributed by atoms with E-state index < -0.39 is 0 Å². The van der Waals surface area contributed by atoms with Crippen LogP contribution in [0.3, 0.4) is 0 Å². The second-order valence-corrected chi connectivity index (χ2v) is 12.3. The molecule has 0 aromatic heterocycles. The average molecular weight is 569 g/mol. The third-order valence-corrected chi connectivity index (χ3v) is 5.46. The van der Waals surface area contributed by atoms with Crippen molar-refractivity contribution in [3.05, 3.63) is 0 Å². The van der Waals surface area contributed by atoms with Gasteiger partial charge in [-0.1, -0.05) is 109 Å². The maximum absolute atomic E-state index is 9.22. The molecule has 0 radical (unpaired) electrons. The summed E-state index contributed by atoms with van der Waals surface area (Å²) in [6.07, 6.45) is 11.8. The fraction of sp³-hybridized carbons (Fsp3) is 1.00. The van der Waals surface area contributed by atoms with Crippen molar-refractivity contribution >= 4 is 0 Å². The summed E-state index contributed by atoms with van der Waals surface area (Å²) in [5, 5.41) is 36.9. The maximum atomic E-state index is 9.22. The van der Waals surface area contributed by atoms with E-state index in [2.05, 4.69) is 83.1 Å². The predicted molar refractivity (Wildman–Crippen MR) is 161 cm³/mol. The second-order valence-electron chi connectivity index (χ2n) is 12.3. The van der Waals surface area contributed by atoms with Gasteiger partial charge in [-0.05, 0) is 75.0 Å². The summed E-state index contributed by atoms with van der Waals surface area (Å²) >= 11 is 0. The van der Waals surface area contributed by atoms with Crippen LogP contribution in [0, 0.1) is 23.7 Å². The molecule has 228 valence electrons. The zero-order valence-corrected chi connectivity index (χ0v) is 29.0. The number of hydrogen-bond donors (Lipinski definition) is 4. The molecule has 0 heterocycles. The summed E-state index contributed by atoms with van der Waals surface area (Å²) in [6, 6.07) is 0. The molecule has 0 amide bonds. The van der Waals surface area contributed by atoms with Crippen LogP contribution >= 0.6 is 0 Å². The van der Waals surface area contributed by atoms with E-state index >= 15 is 0 Å². The molecular formula is C32H72O4Ti. The van der Waals surface area contributed by atoms with Crippen molar-refractivity contribution in [2.75, 3.05) is 0 Å². The van der Waals surface area contributed by atoms with Gasteiger partial charge in [0.25, 0.3) is 0 Å². The van der Waals surface area contributed by atoms with Gasteiger partial charge in [0.2, 0.25) is 0 Å². The van der Waals surface area contributed by atoms with Crippen molar-refractivity contribution in [1.29, 1.82) is 0 Å². The first-order valence-corrected chi connectivity index (χ1v) is 15.4. The number of hydrogen-bond acceptors (Lipinski definition) is 4. The Kier molecular flexibility index (Phi) is 44.3. The predicted octanol–water partition coefficient (Wildman–Crippen LogP) is 8.77. The van der Waals surface area contributed by atoms with Crippen LogP contribution in [-0.2, 0) is 21.7 Å². The molecule has 0 saturated heterocycles. The second kappa shape index (κ2) is 34.6. The Labute approximate surface area is 249 Å². The topological polar surface area (TPSA) is 80.9 Å². The summed E-state index contributed by atoms with van der Waals surface area (Å²) in [5.74, 6) is 2.52. The van der Waals surface area contributed by atoms with Crippen LogP contribution < -0.4 is 0 Å². The third kappa shape index (κ3) is 53.5. The monoisotopic (exact) mass is 568 g/mol. The third-order valence-electron chi connectivity index (χ3n) is 5.46. The summed E-state index contributed by atoms with van der Waals surface area (Å²) < 4.78 is 0. The Morgan fingerprint density at radius 3 is 0.568 bits per heavy atom. The van der Waals surface area contributed by atoms with Gasteiger partial charge in [0, 0.05) is 21.7 Å². The van der Waals surface area contributed by atoms with E-state index in [1.165, 1.54) is 0 Å². The minimum Gasteiger partial charge on any atom is -0.393 e. The van der Waals surface area contributed by atoms with Gasteiger partial charge in [0.15, 0.2) is 0 Å². The maximum Gasteiger partial charge on any atom is 0.0542 e. The first-order chi connectivity index (χ1) is 16.7. The molecule has 0 aromatic rings. The molecule has 4 nitrogen and oxygen atoms in total. The normalized spacial score (nSPS) is 13.9. The van der Waals surface area contributed by atoms with Crippen LogP contribution in [0.15, 0.2) is 0 Å². The Morgan fingerprint density at radius 2 is 0.486 bits per heavy atom. The van der Waals surface area contributed by atoms with Gasteiger partial charge in [0.1, 0.15) is 0 Å². The molecule has 4 atom stereocenters. The largest absolute Gasteiger partial charge is 0.393 e. The van der Waals surface area contributed by atoms with E-state index in [9.17, 15) is 20.4 Å². The van der Waals surface area contributed by atoms with Gasteiger partial charge < -0.3 is 20.4 Å². The Hall–Kier alpha value is 0.554. The molecule has 4 N–H and O–H groups in total. The molecule has 0 aromatic carbocycles. The van der Waals surface area contributed by atoms with E-state index in [-0.39, 0.29) is 46.1 Å². The molecule has 0 bridgehead atoms. The van der Waals surface area contributed by atoms with E-state index in [1.54, 1.807) is 0 Å². The smallest absolute Gasteiger partial charge is 0.0542 e. The first-order valence-electron chi connectivity index (χ1n) is 15.4. The van der Waals surface area contributed by atoms with Crippen LogP contribution in [0.2, 0.25) is 0 Å². The van der Waals surface area contributed by atoms with Crippen molar-refractivity contribution in [2.45, 2.75) is 185 Å². The van der Waals surface area contributed by atoms with Gasteiger partial charge in [-0.15, -0.1) is 0 Å². The van der Waals surface area contributed by atoms with E-state index in [1.807, 2.05) is 0 Å². The van der Waals surface area contributed by atoms with Crippen molar-refractivity contribution in [3.8, 4) is 0 Å². The summed E-state index contributed by atoms with van der Waals surface area (Å²) in [6.45, 7) is 25.5. The number of aliphatic hydroxyl groups excluding tert-OH is 4. The zero-order chi connectivity index (χ0) is 29.1. The van der Waals surface area contributed by atoms with Gasteiger partial charge in [0.05, 0.1) is 24.4 Å². The SMILES string of the molecule is CCCC(O)CC(C)C.CCCC(O)CC(C)C.CCCC(O)CC(C)C.CCCC(O)CC(C)C.[Ti]. The minimum atomic E-state index is -0.0602. The minimum absolute atomic E-state index is 0. The summed E-state index contributed by atoms with van der Waals surface area (Å²) in [4.78, 5) is 0. The van der Waals surface area contributed by atoms with Crippen LogP contribution in [-0.4, -0.2) is 44.8 Å². The molecule has 0 aliphatic rings. The first kappa shape index (κ1) is 47.3. The van der Waals surface area contributed by atoms with E-state index in [0.29, 0.717) is 23.7 Å². The Bertz CT molecular complexity index is 317. The summed E-state index contributed by atoms with van der Waals surface area (Å²) in [5.41, 5.74) is 0. The Balaban J connectivity index is -0.000000122. The molecular weight excluding hydrogens is 496 g/mol. The van der Waals surface area contributed by atoms with Crippen molar-refractivity contribution < 1.29 is 42.1 Å². The number of aliphatic hydroxyl groups is 4. The molecule has 0 rings (SSSR count). The van der Waals surface area contributed by atoms with Gasteiger partial charge in [-0.25, -0.2) is 0 Å². The molecule has 5 heteroatoms. The van der Waals surface area contributed by atoms with Gasteiger partial charge in [-0.3, -0.25) is 0 Å². The summed E-state index contributed by atoms with van der Waals surface area (Å²) in [7, 11) is 0. The van der Waals surface area contributed by atoms with Crippen LogP contribution in [0.25, 0.3) is 0 Å². The fourth-order valence-corrected chi connectivity index (χ4v) is 3.98. The molecule has 4 unspecified atom stereocenters. The quantitative estimate of drug-likeness (QED) is 0.140.